The molecule has 1 atom stereocenters. The van der Waals surface area contributed by atoms with Crippen molar-refractivity contribution in [1.29, 1.82) is 0 Å². The molecular weight excluding hydrogens is 272 g/mol. The lowest BCUT2D eigenvalue weighted by atomic mass is 9.89. The van der Waals surface area contributed by atoms with E-state index in [4.69, 9.17) is 0 Å². The van der Waals surface area contributed by atoms with Gasteiger partial charge in [0.05, 0.1) is 11.1 Å². The van der Waals surface area contributed by atoms with Crippen molar-refractivity contribution in [2.45, 2.75) is 32.2 Å². The second-order valence-electron chi connectivity index (χ2n) is 5.59. The van der Waals surface area contributed by atoms with Crippen molar-refractivity contribution in [3.8, 4) is 0 Å². The topological polar surface area (TPSA) is 83.6 Å². The van der Waals surface area contributed by atoms with E-state index < -0.39 is 23.3 Å². The molecule has 0 saturated carbocycles. The van der Waals surface area contributed by atoms with Gasteiger partial charge in [-0.25, -0.2) is 0 Å². The van der Waals surface area contributed by atoms with E-state index in [9.17, 15) is 19.2 Å². The van der Waals surface area contributed by atoms with Gasteiger partial charge in [0.15, 0.2) is 0 Å². The van der Waals surface area contributed by atoms with Crippen LogP contribution in [0.25, 0.3) is 0 Å². The van der Waals surface area contributed by atoms with Crippen molar-refractivity contribution in [2.75, 3.05) is 0 Å². The van der Waals surface area contributed by atoms with Crippen LogP contribution in [0.15, 0.2) is 18.2 Å². The van der Waals surface area contributed by atoms with E-state index in [1.807, 2.05) is 0 Å². The summed E-state index contributed by atoms with van der Waals surface area (Å²) in [6, 6.07) is 5.04. The minimum Gasteiger partial charge on any atom is -0.294 e. The number of hydrogen-bond acceptors (Lipinski definition) is 4. The largest absolute Gasteiger partial charge is 0.294 e. The first-order valence-electron chi connectivity index (χ1n) is 6.69. The first-order chi connectivity index (χ1) is 9.86. The van der Waals surface area contributed by atoms with Crippen molar-refractivity contribution in [3.63, 3.8) is 0 Å². The van der Waals surface area contributed by atoms with Crippen molar-refractivity contribution in [1.82, 2.24) is 10.2 Å². The number of fused-ring (bicyclic) bond motifs is 1. The number of hydrogen-bond donors (Lipinski definition) is 1. The van der Waals surface area contributed by atoms with Crippen LogP contribution in [0.1, 0.15) is 46.0 Å². The van der Waals surface area contributed by atoms with Gasteiger partial charge in [-0.2, -0.15) is 0 Å². The van der Waals surface area contributed by atoms with E-state index in [2.05, 4.69) is 5.32 Å². The molecule has 4 amide bonds. The third-order valence-electron chi connectivity index (χ3n) is 4.20. The molecule has 2 aliphatic rings. The lowest BCUT2D eigenvalue weighted by Crippen LogP contribution is -2.62. The monoisotopic (exact) mass is 286 g/mol. The molecule has 0 spiro atoms. The number of amides is 4. The quantitative estimate of drug-likeness (QED) is 0.773. The van der Waals surface area contributed by atoms with Crippen molar-refractivity contribution < 1.29 is 19.2 Å². The predicted molar refractivity (Wildman–Crippen MR) is 72.5 cm³/mol. The number of nitrogens with one attached hydrogen (secondary N) is 1. The molecule has 0 radical (unpaired) electrons. The fourth-order valence-corrected chi connectivity index (χ4v) is 2.91. The summed E-state index contributed by atoms with van der Waals surface area (Å²) in [5.41, 5.74) is 0.0247. The highest BCUT2D eigenvalue weighted by Crippen LogP contribution is 2.35. The standard InChI is InChI=1S/C15H14N2O4/c1-8-4-3-5-9-11(8)13(20)17(12(9)19)15(2)7-6-10(18)16-14(15)21/h3-5H,6-7H2,1-2H3,(H,16,18,21)/t15-/m0/s1. The molecule has 2 aliphatic heterocycles. The number of imide groups is 2. The maximum absolute atomic E-state index is 12.6. The number of carbonyl (C=O) groups is 4. The van der Waals surface area contributed by atoms with E-state index in [1.54, 1.807) is 25.1 Å². The number of rotatable bonds is 1. The summed E-state index contributed by atoms with van der Waals surface area (Å²) in [4.78, 5) is 49.6. The molecule has 2 heterocycles. The van der Waals surface area contributed by atoms with Gasteiger partial charge in [0.1, 0.15) is 5.54 Å². The van der Waals surface area contributed by atoms with Gasteiger partial charge < -0.3 is 0 Å². The Morgan fingerprint density at radius 3 is 2.48 bits per heavy atom. The fraction of sp³-hybridized carbons (Fsp3) is 0.333. The van der Waals surface area contributed by atoms with E-state index in [1.165, 1.54) is 6.92 Å². The van der Waals surface area contributed by atoms with Gasteiger partial charge in [-0.05, 0) is 31.9 Å². The molecule has 21 heavy (non-hydrogen) atoms. The lowest BCUT2D eigenvalue weighted by Gasteiger charge is -2.38. The molecular formula is C15H14N2O4. The van der Waals surface area contributed by atoms with Crippen molar-refractivity contribution in [2.24, 2.45) is 0 Å². The van der Waals surface area contributed by atoms with E-state index >= 15 is 0 Å². The van der Waals surface area contributed by atoms with Gasteiger partial charge in [-0.1, -0.05) is 12.1 Å². The Bertz CT molecular complexity index is 710. The first kappa shape index (κ1) is 13.5. The van der Waals surface area contributed by atoms with Crippen LogP contribution in [-0.4, -0.2) is 34.1 Å². The first-order valence-corrected chi connectivity index (χ1v) is 6.69. The van der Waals surface area contributed by atoms with Crippen LogP contribution in [0.4, 0.5) is 0 Å². The van der Waals surface area contributed by atoms with Crippen molar-refractivity contribution >= 4 is 23.6 Å². The number of carbonyl (C=O) groups excluding carboxylic acids is 4. The van der Waals surface area contributed by atoms with Crippen LogP contribution >= 0.6 is 0 Å². The van der Waals surface area contributed by atoms with Gasteiger partial charge >= 0.3 is 0 Å². The molecule has 0 aliphatic carbocycles. The minimum absolute atomic E-state index is 0.106. The highest BCUT2D eigenvalue weighted by Gasteiger charge is 2.52. The zero-order chi connectivity index (χ0) is 15.4. The summed E-state index contributed by atoms with van der Waals surface area (Å²) in [7, 11) is 0. The SMILES string of the molecule is Cc1cccc2c1C(=O)N([C@@]1(C)CCC(=O)NC1=O)C2=O. The molecule has 1 saturated heterocycles. The highest BCUT2D eigenvalue weighted by molar-refractivity contribution is 6.24. The van der Waals surface area contributed by atoms with Crippen LogP contribution in [0.5, 0.6) is 0 Å². The Morgan fingerprint density at radius 2 is 1.86 bits per heavy atom. The van der Waals surface area contributed by atoms with E-state index in [0.29, 0.717) is 16.7 Å². The zero-order valence-electron chi connectivity index (χ0n) is 11.7. The summed E-state index contributed by atoms with van der Waals surface area (Å²) in [6.45, 7) is 3.27. The average molecular weight is 286 g/mol. The van der Waals surface area contributed by atoms with Crippen molar-refractivity contribution in [3.05, 3.63) is 34.9 Å². The molecule has 1 fully saturated rings. The van der Waals surface area contributed by atoms with Crippen LogP contribution in [0.2, 0.25) is 0 Å². The summed E-state index contributed by atoms with van der Waals surface area (Å²) >= 11 is 0. The van der Waals surface area contributed by atoms with Gasteiger partial charge in [0.25, 0.3) is 17.7 Å². The molecule has 0 unspecified atom stereocenters. The van der Waals surface area contributed by atoms with Crippen LogP contribution < -0.4 is 5.32 Å². The molecule has 6 nitrogen and oxygen atoms in total. The Hall–Kier alpha value is -2.50. The smallest absolute Gasteiger partial charge is 0.262 e. The number of aryl methyl sites for hydroxylation is 1. The lowest BCUT2D eigenvalue weighted by molar-refractivity contribution is -0.140. The summed E-state index contributed by atoms with van der Waals surface area (Å²) in [6.07, 6.45) is 0.247. The molecule has 1 aromatic carbocycles. The van der Waals surface area contributed by atoms with E-state index in [-0.39, 0.29) is 18.7 Å². The van der Waals surface area contributed by atoms with Crippen LogP contribution in [0.3, 0.4) is 0 Å². The number of benzene rings is 1. The summed E-state index contributed by atoms with van der Waals surface area (Å²) in [5.74, 6) is -1.94. The van der Waals surface area contributed by atoms with E-state index in [0.717, 1.165) is 4.90 Å². The van der Waals surface area contributed by atoms with Gasteiger partial charge in [-0.3, -0.25) is 29.4 Å². The molecule has 1 N–H and O–H groups in total. The Labute approximate surface area is 121 Å². The molecule has 0 aromatic heterocycles. The third kappa shape index (κ3) is 1.72. The number of nitrogens with zero attached hydrogens (tertiary/aromatic N) is 1. The Balaban J connectivity index is 2.08. The maximum Gasteiger partial charge on any atom is 0.262 e. The number of piperidine rings is 1. The molecule has 6 heteroatoms. The second kappa shape index (κ2) is 4.25. The normalized spacial score (nSPS) is 25.1. The molecule has 0 bridgehead atoms. The second-order valence-corrected chi connectivity index (χ2v) is 5.59. The average Bonchev–Trinajstić information content (AvgIpc) is 2.68. The van der Waals surface area contributed by atoms with Gasteiger partial charge in [0.2, 0.25) is 5.91 Å². The summed E-state index contributed by atoms with van der Waals surface area (Å²) < 4.78 is 0. The van der Waals surface area contributed by atoms with Crippen LogP contribution in [0, 0.1) is 6.92 Å². The predicted octanol–water partition coefficient (Wildman–Crippen LogP) is 0.786. The highest BCUT2D eigenvalue weighted by atomic mass is 16.2. The summed E-state index contributed by atoms with van der Waals surface area (Å²) in [5, 5.41) is 2.21. The Morgan fingerprint density at radius 1 is 1.14 bits per heavy atom. The molecule has 1 aromatic rings. The zero-order valence-corrected chi connectivity index (χ0v) is 11.7. The molecule has 3 rings (SSSR count). The Kier molecular flexibility index (Phi) is 2.73. The maximum atomic E-state index is 12.6. The molecule has 108 valence electrons. The van der Waals surface area contributed by atoms with Crippen LogP contribution in [-0.2, 0) is 9.59 Å². The third-order valence-corrected chi connectivity index (χ3v) is 4.20. The fourth-order valence-electron chi connectivity index (χ4n) is 2.91. The minimum atomic E-state index is -1.33. The van der Waals surface area contributed by atoms with Gasteiger partial charge in [-0.15, -0.1) is 0 Å². The van der Waals surface area contributed by atoms with Gasteiger partial charge in [0, 0.05) is 6.42 Å².